The van der Waals surface area contributed by atoms with E-state index in [-0.39, 0.29) is 12.4 Å². The lowest BCUT2D eigenvalue weighted by molar-refractivity contribution is 0.283. The molecule has 5 heteroatoms. The molecule has 3 nitrogen and oxygen atoms in total. The monoisotopic (exact) mass is 304 g/mol. The largest absolute Gasteiger partial charge is 0.397 e. The summed E-state index contributed by atoms with van der Waals surface area (Å²) in [6.07, 6.45) is 2.71. The fraction of sp³-hybridized carbons (Fsp3) is 0.500. The van der Waals surface area contributed by atoms with Crippen LogP contribution >= 0.6 is 15.9 Å². The second-order valence-corrected chi connectivity index (χ2v) is 4.89. The van der Waals surface area contributed by atoms with Gasteiger partial charge in [-0.2, -0.15) is 0 Å². The highest BCUT2D eigenvalue weighted by Crippen LogP contribution is 2.28. The van der Waals surface area contributed by atoms with Crippen molar-refractivity contribution in [3.63, 3.8) is 0 Å². The van der Waals surface area contributed by atoms with Gasteiger partial charge in [0.1, 0.15) is 5.82 Å². The Morgan fingerprint density at radius 2 is 2.06 bits per heavy atom. The number of aliphatic hydroxyl groups excluding tert-OH is 1. The average molecular weight is 305 g/mol. The minimum atomic E-state index is -0.309. The predicted molar refractivity (Wildman–Crippen MR) is 72.7 cm³/mol. The van der Waals surface area contributed by atoms with Gasteiger partial charge in [0.25, 0.3) is 0 Å². The van der Waals surface area contributed by atoms with Gasteiger partial charge in [0.2, 0.25) is 0 Å². The lowest BCUT2D eigenvalue weighted by Gasteiger charge is -2.21. The molecule has 0 saturated carbocycles. The lowest BCUT2D eigenvalue weighted by Crippen LogP contribution is -2.20. The van der Waals surface area contributed by atoms with E-state index in [1.165, 1.54) is 6.07 Å². The maximum absolute atomic E-state index is 13.4. The Morgan fingerprint density at radius 3 is 2.71 bits per heavy atom. The van der Waals surface area contributed by atoms with Crippen molar-refractivity contribution in [3.05, 3.63) is 22.4 Å². The molecule has 0 aliphatic heterocycles. The van der Waals surface area contributed by atoms with Gasteiger partial charge >= 0.3 is 0 Å². The summed E-state index contributed by atoms with van der Waals surface area (Å²) in [5.74, 6) is -0.309. The number of halogens is 2. The number of nitrogens with zero attached hydrogens (tertiary/aromatic N) is 1. The predicted octanol–water partition coefficient (Wildman–Crippen LogP) is 2.77. The molecule has 0 atom stereocenters. The summed E-state index contributed by atoms with van der Waals surface area (Å²) < 4.78 is 13.8. The number of aliphatic hydroxyl groups is 1. The molecule has 0 aliphatic rings. The summed E-state index contributed by atoms with van der Waals surface area (Å²) in [6.45, 7) is 1.02. The fourth-order valence-electron chi connectivity index (χ4n) is 1.64. The minimum Gasteiger partial charge on any atom is -0.397 e. The van der Waals surface area contributed by atoms with Crippen LogP contribution in [0.5, 0.6) is 0 Å². The van der Waals surface area contributed by atoms with Crippen molar-refractivity contribution in [1.82, 2.24) is 0 Å². The summed E-state index contributed by atoms with van der Waals surface area (Å²) in [4.78, 5) is 1.93. The molecular weight excluding hydrogens is 287 g/mol. The Hall–Kier alpha value is -0.810. The van der Waals surface area contributed by atoms with Crippen molar-refractivity contribution in [2.45, 2.75) is 19.3 Å². The van der Waals surface area contributed by atoms with Crippen molar-refractivity contribution in [2.75, 3.05) is 30.8 Å². The number of rotatable bonds is 6. The SMILES string of the molecule is CN(CCCCCO)c1cc(F)c(Br)cc1N. The van der Waals surface area contributed by atoms with Gasteiger partial charge in [0, 0.05) is 26.3 Å². The van der Waals surface area contributed by atoms with E-state index >= 15 is 0 Å². The highest BCUT2D eigenvalue weighted by molar-refractivity contribution is 9.10. The van der Waals surface area contributed by atoms with Crippen LogP contribution in [0.4, 0.5) is 15.8 Å². The summed E-state index contributed by atoms with van der Waals surface area (Å²) >= 11 is 3.10. The number of benzene rings is 1. The highest BCUT2D eigenvalue weighted by atomic mass is 79.9. The summed E-state index contributed by atoms with van der Waals surface area (Å²) in [7, 11) is 1.89. The standard InChI is InChI=1S/C12H18BrFN2O/c1-16(5-3-2-4-6-17)12-8-10(14)9(13)7-11(12)15/h7-8,17H,2-6,15H2,1H3. The Bertz CT molecular complexity index is 374. The number of hydrogen-bond donors (Lipinski definition) is 2. The first-order chi connectivity index (χ1) is 8.06. The first-order valence-electron chi connectivity index (χ1n) is 5.62. The summed E-state index contributed by atoms with van der Waals surface area (Å²) in [5, 5.41) is 8.67. The molecule has 0 heterocycles. The quantitative estimate of drug-likeness (QED) is 0.627. The van der Waals surface area contributed by atoms with Crippen LogP contribution in [0.3, 0.4) is 0 Å². The number of nitrogen functional groups attached to an aromatic ring is 1. The van der Waals surface area contributed by atoms with E-state index < -0.39 is 0 Å². The molecule has 1 aromatic rings. The molecule has 0 aliphatic carbocycles. The minimum absolute atomic E-state index is 0.221. The molecule has 3 N–H and O–H groups in total. The third kappa shape index (κ3) is 4.16. The topological polar surface area (TPSA) is 49.5 Å². The second-order valence-electron chi connectivity index (χ2n) is 4.03. The van der Waals surface area contributed by atoms with Gasteiger partial charge in [-0.1, -0.05) is 0 Å². The molecule has 0 aromatic heterocycles. The van der Waals surface area contributed by atoms with E-state index in [0.717, 1.165) is 25.8 Å². The van der Waals surface area contributed by atoms with Crippen LogP contribution in [0, 0.1) is 5.82 Å². The van der Waals surface area contributed by atoms with Crippen molar-refractivity contribution in [3.8, 4) is 0 Å². The zero-order valence-corrected chi connectivity index (χ0v) is 11.5. The van der Waals surface area contributed by atoms with Crippen LogP contribution in [0.15, 0.2) is 16.6 Å². The van der Waals surface area contributed by atoms with E-state index in [1.807, 2.05) is 11.9 Å². The zero-order chi connectivity index (χ0) is 12.8. The van der Waals surface area contributed by atoms with E-state index in [2.05, 4.69) is 15.9 Å². The Balaban J connectivity index is 2.62. The van der Waals surface area contributed by atoms with Crippen LogP contribution in [-0.4, -0.2) is 25.3 Å². The van der Waals surface area contributed by atoms with Gasteiger partial charge in [0.15, 0.2) is 0 Å². The first kappa shape index (κ1) is 14.3. The van der Waals surface area contributed by atoms with Crippen LogP contribution in [0.2, 0.25) is 0 Å². The molecule has 17 heavy (non-hydrogen) atoms. The van der Waals surface area contributed by atoms with Crippen LogP contribution in [0.1, 0.15) is 19.3 Å². The van der Waals surface area contributed by atoms with Gasteiger partial charge in [-0.05, 0) is 41.3 Å². The third-order valence-electron chi connectivity index (χ3n) is 2.63. The van der Waals surface area contributed by atoms with Crippen molar-refractivity contribution in [1.29, 1.82) is 0 Å². The molecule has 0 unspecified atom stereocenters. The van der Waals surface area contributed by atoms with E-state index in [0.29, 0.717) is 15.8 Å². The van der Waals surface area contributed by atoms with Crippen LogP contribution < -0.4 is 10.6 Å². The summed E-state index contributed by atoms with van der Waals surface area (Å²) in [6, 6.07) is 3.01. The third-order valence-corrected chi connectivity index (χ3v) is 3.24. The Kier molecular flexibility index (Phi) is 5.71. The molecule has 96 valence electrons. The molecule has 0 spiro atoms. The van der Waals surface area contributed by atoms with Crippen LogP contribution in [0.25, 0.3) is 0 Å². The van der Waals surface area contributed by atoms with E-state index in [4.69, 9.17) is 10.8 Å². The molecule has 1 aromatic carbocycles. The van der Waals surface area contributed by atoms with Gasteiger partial charge in [-0.25, -0.2) is 4.39 Å². The number of unbranched alkanes of at least 4 members (excludes halogenated alkanes) is 2. The van der Waals surface area contributed by atoms with E-state index in [9.17, 15) is 4.39 Å². The fourth-order valence-corrected chi connectivity index (χ4v) is 2.00. The van der Waals surface area contributed by atoms with E-state index in [1.54, 1.807) is 6.07 Å². The van der Waals surface area contributed by atoms with Gasteiger partial charge < -0.3 is 15.7 Å². The van der Waals surface area contributed by atoms with Crippen molar-refractivity contribution >= 4 is 27.3 Å². The van der Waals surface area contributed by atoms with Crippen molar-refractivity contribution in [2.24, 2.45) is 0 Å². The molecule has 0 fully saturated rings. The zero-order valence-electron chi connectivity index (χ0n) is 9.92. The van der Waals surface area contributed by atoms with Gasteiger partial charge in [-0.3, -0.25) is 0 Å². The molecule has 0 radical (unpaired) electrons. The van der Waals surface area contributed by atoms with Gasteiger partial charge in [0.05, 0.1) is 15.8 Å². The molecule has 0 bridgehead atoms. The number of anilines is 2. The number of hydrogen-bond acceptors (Lipinski definition) is 3. The normalized spacial score (nSPS) is 10.6. The average Bonchev–Trinajstić information content (AvgIpc) is 2.29. The number of nitrogens with two attached hydrogens (primary N) is 1. The highest BCUT2D eigenvalue weighted by Gasteiger charge is 2.09. The van der Waals surface area contributed by atoms with Crippen molar-refractivity contribution < 1.29 is 9.50 Å². The molecule has 0 saturated heterocycles. The molecule has 0 amide bonds. The Morgan fingerprint density at radius 1 is 1.35 bits per heavy atom. The Labute approximate surface area is 110 Å². The smallest absolute Gasteiger partial charge is 0.139 e. The first-order valence-corrected chi connectivity index (χ1v) is 6.42. The van der Waals surface area contributed by atoms with Crippen LogP contribution in [-0.2, 0) is 0 Å². The second kappa shape index (κ2) is 6.81. The molecule has 1 rings (SSSR count). The summed E-state index contributed by atoms with van der Waals surface area (Å²) in [5.41, 5.74) is 7.10. The molecular formula is C12H18BrFN2O. The maximum atomic E-state index is 13.4. The lowest BCUT2D eigenvalue weighted by atomic mass is 10.2. The maximum Gasteiger partial charge on any atom is 0.139 e. The van der Waals surface area contributed by atoms with Gasteiger partial charge in [-0.15, -0.1) is 0 Å².